The van der Waals surface area contributed by atoms with Gasteiger partial charge in [0, 0.05) is 0 Å². The van der Waals surface area contributed by atoms with Gasteiger partial charge in [0.15, 0.2) is 17.2 Å². The highest BCUT2D eigenvalue weighted by atomic mass is 19.1. The number of amides is 1. The normalized spacial score (nSPS) is 21.3. The van der Waals surface area contributed by atoms with Crippen LogP contribution in [0, 0.1) is 5.82 Å². The number of nitrogens with one attached hydrogen (secondary N) is 1. The van der Waals surface area contributed by atoms with Gasteiger partial charge in [-0.15, -0.1) is 0 Å². The van der Waals surface area contributed by atoms with Crippen molar-refractivity contribution >= 4 is 11.6 Å². The number of para-hydroxylation sites is 1. The summed E-state index contributed by atoms with van der Waals surface area (Å²) in [6.45, 7) is 0. The molecule has 0 radical (unpaired) electrons. The fraction of sp³-hybridized carbons (Fsp3) is 0.364. The molecule has 4 heteroatoms. The third-order valence-electron chi connectivity index (χ3n) is 3.09. The Morgan fingerprint density at radius 1 is 1.40 bits per heavy atom. The fourth-order valence-corrected chi connectivity index (χ4v) is 2.02. The molecular weight excluding hydrogens is 197 g/mol. The van der Waals surface area contributed by atoms with Crippen LogP contribution in [0.3, 0.4) is 0 Å². The van der Waals surface area contributed by atoms with Crippen LogP contribution in [0.1, 0.15) is 19.3 Å². The van der Waals surface area contributed by atoms with Crippen LogP contribution < -0.4 is 10.1 Å². The first kappa shape index (κ1) is 8.71. The molecule has 1 aromatic rings. The molecule has 1 spiro atoms. The minimum Gasteiger partial charge on any atom is -0.472 e. The average Bonchev–Trinajstić information content (AvgIpc) is 2.15. The molecule has 1 amide bonds. The van der Waals surface area contributed by atoms with E-state index in [-0.39, 0.29) is 11.7 Å². The Hall–Kier alpha value is -1.58. The van der Waals surface area contributed by atoms with Crippen LogP contribution >= 0.6 is 0 Å². The van der Waals surface area contributed by atoms with Crippen molar-refractivity contribution in [3.05, 3.63) is 24.0 Å². The molecule has 1 heterocycles. The molecule has 0 atom stereocenters. The summed E-state index contributed by atoms with van der Waals surface area (Å²) in [4.78, 5) is 11.7. The highest BCUT2D eigenvalue weighted by molar-refractivity contribution is 6.01. The van der Waals surface area contributed by atoms with Gasteiger partial charge in [0.25, 0.3) is 5.91 Å². The van der Waals surface area contributed by atoms with Crippen LogP contribution in [-0.2, 0) is 4.79 Å². The molecule has 15 heavy (non-hydrogen) atoms. The third kappa shape index (κ3) is 1.07. The van der Waals surface area contributed by atoms with Gasteiger partial charge in [0.2, 0.25) is 0 Å². The summed E-state index contributed by atoms with van der Waals surface area (Å²) in [6.07, 6.45) is 2.30. The van der Waals surface area contributed by atoms with E-state index in [0.717, 1.165) is 6.42 Å². The Balaban J connectivity index is 2.07. The smallest absolute Gasteiger partial charge is 0.268 e. The quantitative estimate of drug-likeness (QED) is 0.707. The number of rotatable bonds is 0. The van der Waals surface area contributed by atoms with Gasteiger partial charge in [-0.3, -0.25) is 4.79 Å². The first-order chi connectivity index (χ1) is 7.21. The van der Waals surface area contributed by atoms with Crippen molar-refractivity contribution in [2.45, 2.75) is 24.9 Å². The summed E-state index contributed by atoms with van der Waals surface area (Å²) in [5.41, 5.74) is -0.368. The van der Waals surface area contributed by atoms with Crippen LogP contribution in [0.5, 0.6) is 5.75 Å². The van der Waals surface area contributed by atoms with Crippen LogP contribution in [0.2, 0.25) is 0 Å². The molecule has 0 unspecified atom stereocenters. The highest BCUT2D eigenvalue weighted by Gasteiger charge is 2.50. The van der Waals surface area contributed by atoms with E-state index in [1.165, 1.54) is 6.07 Å². The zero-order chi connectivity index (χ0) is 10.5. The van der Waals surface area contributed by atoms with Gasteiger partial charge < -0.3 is 10.1 Å². The zero-order valence-corrected chi connectivity index (χ0v) is 8.05. The number of carbonyl (C=O) groups is 1. The van der Waals surface area contributed by atoms with E-state index in [1.807, 2.05) is 0 Å². The Kier molecular flexibility index (Phi) is 1.58. The van der Waals surface area contributed by atoms with Crippen LogP contribution in [-0.4, -0.2) is 11.5 Å². The van der Waals surface area contributed by atoms with Gasteiger partial charge in [-0.2, -0.15) is 0 Å². The second kappa shape index (κ2) is 2.72. The van der Waals surface area contributed by atoms with E-state index in [2.05, 4.69) is 5.32 Å². The SMILES string of the molecule is O=C1Nc2cccc(F)c2OC12CCC2. The lowest BCUT2D eigenvalue weighted by atomic mass is 9.78. The molecule has 3 rings (SSSR count). The van der Waals surface area contributed by atoms with Crippen molar-refractivity contribution in [2.75, 3.05) is 5.32 Å². The molecule has 1 N–H and O–H groups in total. The van der Waals surface area contributed by atoms with E-state index < -0.39 is 11.4 Å². The minimum absolute atomic E-state index is 0.146. The van der Waals surface area contributed by atoms with Crippen LogP contribution in [0.15, 0.2) is 18.2 Å². The molecule has 0 bridgehead atoms. The Bertz CT molecular complexity index is 440. The summed E-state index contributed by atoms with van der Waals surface area (Å²) in [5.74, 6) is -0.387. The molecule has 0 aromatic heterocycles. The molecule has 1 saturated carbocycles. The number of benzene rings is 1. The number of ether oxygens (including phenoxy) is 1. The van der Waals surface area contributed by atoms with E-state index in [4.69, 9.17) is 4.74 Å². The van der Waals surface area contributed by atoms with Crippen molar-refractivity contribution in [1.82, 2.24) is 0 Å². The summed E-state index contributed by atoms with van der Waals surface area (Å²) in [5, 5.41) is 2.69. The topological polar surface area (TPSA) is 38.3 Å². The number of anilines is 1. The second-order valence-electron chi connectivity index (χ2n) is 4.02. The Morgan fingerprint density at radius 2 is 2.20 bits per heavy atom. The maximum absolute atomic E-state index is 13.4. The van der Waals surface area contributed by atoms with Gasteiger partial charge in [-0.1, -0.05) is 6.07 Å². The highest BCUT2D eigenvalue weighted by Crippen LogP contribution is 2.44. The first-order valence-electron chi connectivity index (χ1n) is 5.00. The summed E-state index contributed by atoms with van der Waals surface area (Å²) in [6, 6.07) is 4.53. The van der Waals surface area contributed by atoms with Crippen molar-refractivity contribution in [2.24, 2.45) is 0 Å². The summed E-state index contributed by atoms with van der Waals surface area (Å²) in [7, 11) is 0. The van der Waals surface area contributed by atoms with Gasteiger partial charge in [0.1, 0.15) is 0 Å². The summed E-state index contributed by atoms with van der Waals surface area (Å²) < 4.78 is 18.9. The molecule has 1 aromatic carbocycles. The number of carbonyl (C=O) groups excluding carboxylic acids is 1. The fourth-order valence-electron chi connectivity index (χ4n) is 2.02. The van der Waals surface area contributed by atoms with Crippen molar-refractivity contribution in [1.29, 1.82) is 0 Å². The third-order valence-corrected chi connectivity index (χ3v) is 3.09. The summed E-state index contributed by atoms with van der Waals surface area (Å²) >= 11 is 0. The molecule has 78 valence electrons. The number of hydrogen-bond donors (Lipinski definition) is 1. The Labute approximate surface area is 86.2 Å². The molecule has 2 aliphatic rings. The molecule has 0 saturated heterocycles. The second-order valence-corrected chi connectivity index (χ2v) is 4.02. The number of fused-ring (bicyclic) bond motifs is 1. The van der Waals surface area contributed by atoms with Gasteiger partial charge in [-0.25, -0.2) is 4.39 Å². The predicted molar refractivity (Wildman–Crippen MR) is 52.2 cm³/mol. The van der Waals surface area contributed by atoms with E-state index in [1.54, 1.807) is 12.1 Å². The average molecular weight is 207 g/mol. The van der Waals surface area contributed by atoms with Gasteiger partial charge in [0.05, 0.1) is 5.69 Å². The molecular formula is C11H10FNO2. The largest absolute Gasteiger partial charge is 0.472 e. The monoisotopic (exact) mass is 207 g/mol. The van der Waals surface area contributed by atoms with Crippen molar-refractivity contribution in [3.8, 4) is 5.75 Å². The number of halogens is 1. The van der Waals surface area contributed by atoms with E-state index in [0.29, 0.717) is 18.5 Å². The maximum atomic E-state index is 13.4. The minimum atomic E-state index is -0.796. The van der Waals surface area contributed by atoms with E-state index in [9.17, 15) is 9.18 Å². The lowest BCUT2D eigenvalue weighted by Crippen LogP contribution is -2.55. The van der Waals surface area contributed by atoms with Gasteiger partial charge >= 0.3 is 0 Å². The molecule has 3 nitrogen and oxygen atoms in total. The predicted octanol–water partition coefficient (Wildman–Crippen LogP) is 2.08. The van der Waals surface area contributed by atoms with E-state index >= 15 is 0 Å². The standard InChI is InChI=1S/C11H10FNO2/c12-7-3-1-4-8-9(7)15-11(5-2-6-11)10(14)13-8/h1,3-4H,2,5-6H2,(H,13,14). The Morgan fingerprint density at radius 3 is 2.87 bits per heavy atom. The van der Waals surface area contributed by atoms with Crippen molar-refractivity contribution < 1.29 is 13.9 Å². The number of hydrogen-bond acceptors (Lipinski definition) is 2. The molecule has 1 aliphatic carbocycles. The zero-order valence-electron chi connectivity index (χ0n) is 8.05. The first-order valence-corrected chi connectivity index (χ1v) is 5.00. The molecule has 1 fully saturated rings. The lowest BCUT2D eigenvalue weighted by molar-refractivity contribution is -0.140. The maximum Gasteiger partial charge on any atom is 0.268 e. The van der Waals surface area contributed by atoms with Crippen LogP contribution in [0.25, 0.3) is 0 Å². The van der Waals surface area contributed by atoms with Crippen LogP contribution in [0.4, 0.5) is 10.1 Å². The van der Waals surface area contributed by atoms with Gasteiger partial charge in [-0.05, 0) is 31.4 Å². The lowest BCUT2D eigenvalue weighted by Gasteiger charge is -2.43. The van der Waals surface area contributed by atoms with Crippen molar-refractivity contribution in [3.63, 3.8) is 0 Å². The molecule has 1 aliphatic heterocycles.